The standard InChI is InChI=1S/C28H31F3N6O7S/c1-18-7-9-19(10-8-18)23-16-24(28(29,30)31)32-36(23)20-11-13-21(14-12-20)45(41,42)33-25(38)22-6-5-15-35(22)37(40)34-44-17-43-26(39)27(2,3)4/h7-14,16,22H,5-6,15,17H2,1-4H3,(H,33,38)/t22-/m0/s1. The Morgan fingerprint density at radius 2 is 1.76 bits per heavy atom. The van der Waals surface area contributed by atoms with E-state index in [0.717, 1.165) is 33.5 Å². The molecule has 2 aromatic carbocycles. The molecule has 0 aliphatic carbocycles. The van der Waals surface area contributed by atoms with Crippen molar-refractivity contribution in [3.8, 4) is 16.9 Å². The van der Waals surface area contributed by atoms with Gasteiger partial charge >= 0.3 is 12.1 Å². The number of nitrogens with one attached hydrogen (secondary N) is 1. The van der Waals surface area contributed by atoms with Crippen LogP contribution in [0.2, 0.25) is 0 Å². The highest BCUT2D eigenvalue weighted by atomic mass is 32.2. The molecule has 1 aliphatic heterocycles. The van der Waals surface area contributed by atoms with Gasteiger partial charge in [0.1, 0.15) is 0 Å². The summed E-state index contributed by atoms with van der Waals surface area (Å²) in [5.41, 5.74) is -0.280. The number of rotatable bonds is 9. The van der Waals surface area contributed by atoms with Gasteiger partial charge in [-0.2, -0.15) is 18.3 Å². The van der Waals surface area contributed by atoms with E-state index in [2.05, 4.69) is 10.4 Å². The molecular weight excluding hydrogens is 621 g/mol. The monoisotopic (exact) mass is 652 g/mol. The molecule has 0 unspecified atom stereocenters. The fraction of sp³-hybridized carbons (Fsp3) is 0.393. The van der Waals surface area contributed by atoms with Crippen LogP contribution in [-0.2, 0) is 35.4 Å². The first kappa shape index (κ1) is 33.2. The molecule has 0 radical (unpaired) electrons. The third kappa shape index (κ3) is 7.89. The summed E-state index contributed by atoms with van der Waals surface area (Å²) in [6, 6.07) is 11.2. The summed E-state index contributed by atoms with van der Waals surface area (Å²) >= 11 is 0. The van der Waals surface area contributed by atoms with E-state index in [4.69, 9.17) is 9.57 Å². The van der Waals surface area contributed by atoms with Crippen LogP contribution in [0, 0.1) is 17.5 Å². The number of halogens is 3. The van der Waals surface area contributed by atoms with E-state index >= 15 is 0 Å². The van der Waals surface area contributed by atoms with E-state index in [1.807, 2.05) is 11.6 Å². The van der Waals surface area contributed by atoms with Crippen molar-refractivity contribution in [2.75, 3.05) is 13.3 Å². The van der Waals surface area contributed by atoms with Crippen molar-refractivity contribution >= 4 is 21.9 Å². The number of carbonyl (C=O) groups is 2. The van der Waals surface area contributed by atoms with Crippen molar-refractivity contribution < 1.29 is 45.7 Å². The molecule has 0 spiro atoms. The summed E-state index contributed by atoms with van der Waals surface area (Å²) < 4.78 is 74.4. The van der Waals surface area contributed by atoms with Crippen molar-refractivity contribution in [2.45, 2.75) is 57.7 Å². The minimum atomic E-state index is -4.72. The van der Waals surface area contributed by atoms with Gasteiger partial charge in [-0.25, -0.2) is 17.8 Å². The van der Waals surface area contributed by atoms with Gasteiger partial charge in [-0.1, -0.05) is 29.8 Å². The number of aromatic nitrogens is 2. The Hall–Kier alpha value is -4.67. The van der Waals surface area contributed by atoms with Crippen LogP contribution in [0.1, 0.15) is 44.9 Å². The summed E-state index contributed by atoms with van der Waals surface area (Å²) in [6.45, 7) is 6.12. The number of carbonyl (C=O) groups excluding carboxylic acids is 2. The maximum absolute atomic E-state index is 13.5. The Morgan fingerprint density at radius 3 is 2.36 bits per heavy atom. The number of esters is 1. The Kier molecular flexibility index (Phi) is 9.41. The van der Waals surface area contributed by atoms with E-state index in [9.17, 15) is 36.4 Å². The van der Waals surface area contributed by atoms with Crippen LogP contribution in [0.5, 0.6) is 0 Å². The fourth-order valence-corrected chi connectivity index (χ4v) is 5.32. The zero-order valence-corrected chi connectivity index (χ0v) is 25.6. The molecule has 1 aromatic heterocycles. The average molecular weight is 653 g/mol. The van der Waals surface area contributed by atoms with Gasteiger partial charge in [0.2, 0.25) is 5.28 Å². The number of hydrogen-bond donors (Lipinski definition) is 1. The highest BCUT2D eigenvalue weighted by molar-refractivity contribution is 7.90. The third-order valence-corrected chi connectivity index (χ3v) is 8.07. The van der Waals surface area contributed by atoms with E-state index in [0.29, 0.717) is 12.0 Å². The topological polar surface area (TPSA) is 158 Å². The first-order chi connectivity index (χ1) is 21.0. The average Bonchev–Trinajstić information content (AvgIpc) is 3.63. The lowest BCUT2D eigenvalue weighted by molar-refractivity contribution is -0.712. The van der Waals surface area contributed by atoms with Crippen LogP contribution in [0.15, 0.2) is 64.8 Å². The molecule has 13 nitrogen and oxygen atoms in total. The Bertz CT molecular complexity index is 1680. The van der Waals surface area contributed by atoms with Crippen LogP contribution in [0.25, 0.3) is 16.9 Å². The molecule has 2 heterocycles. The molecule has 3 aromatic rings. The van der Waals surface area contributed by atoms with Crippen molar-refractivity contribution in [3.05, 3.63) is 71.1 Å². The van der Waals surface area contributed by atoms with E-state index in [1.165, 1.54) is 12.1 Å². The highest BCUT2D eigenvalue weighted by Gasteiger charge is 2.39. The number of sulfonamides is 1. The second kappa shape index (κ2) is 12.7. The molecule has 1 aliphatic rings. The Labute approximate surface area is 256 Å². The molecule has 1 fully saturated rings. The number of nitrogens with zero attached hydrogens (tertiary/aromatic N) is 5. The molecule has 0 saturated carbocycles. The lowest BCUT2D eigenvalue weighted by Gasteiger charge is -2.19. The van der Waals surface area contributed by atoms with Crippen molar-refractivity contribution in [1.29, 1.82) is 0 Å². The normalized spacial score (nSPS) is 16.0. The minimum Gasteiger partial charge on any atom is -0.569 e. The lowest BCUT2D eigenvalue weighted by atomic mass is 9.98. The van der Waals surface area contributed by atoms with E-state index in [1.54, 1.807) is 45.0 Å². The predicted octanol–water partition coefficient (Wildman–Crippen LogP) is 4.49. The number of hydrogen-bond acceptors (Lipinski definition) is 9. The summed E-state index contributed by atoms with van der Waals surface area (Å²) in [5.74, 6) is -1.59. The maximum Gasteiger partial charge on any atom is 0.435 e. The van der Waals surface area contributed by atoms with Gasteiger partial charge in [0.15, 0.2) is 11.7 Å². The fourth-order valence-electron chi connectivity index (χ4n) is 4.31. The van der Waals surface area contributed by atoms with Gasteiger partial charge in [0, 0.05) is 5.56 Å². The summed E-state index contributed by atoms with van der Waals surface area (Å²) in [6.07, 6.45) is -4.21. The van der Waals surface area contributed by atoms with Crippen LogP contribution in [0.4, 0.5) is 13.2 Å². The van der Waals surface area contributed by atoms with Crippen LogP contribution in [-0.4, -0.2) is 59.4 Å². The minimum absolute atomic E-state index is 0.0193. The van der Waals surface area contributed by atoms with E-state index < -0.39 is 52.0 Å². The first-order valence-corrected chi connectivity index (χ1v) is 15.1. The van der Waals surface area contributed by atoms with E-state index in [-0.39, 0.29) is 34.2 Å². The molecule has 45 heavy (non-hydrogen) atoms. The molecule has 17 heteroatoms. The highest BCUT2D eigenvalue weighted by Crippen LogP contribution is 2.33. The molecule has 1 saturated heterocycles. The van der Waals surface area contributed by atoms with Gasteiger partial charge in [-0.15, -0.1) is 5.01 Å². The molecule has 1 amide bonds. The number of alkyl halides is 3. The largest absolute Gasteiger partial charge is 0.569 e. The van der Waals surface area contributed by atoms with Gasteiger partial charge in [-0.3, -0.25) is 9.59 Å². The quantitative estimate of drug-likeness (QED) is 0.0878. The number of ether oxygens (including phenoxy) is 1. The second-order valence-electron chi connectivity index (χ2n) is 11.2. The SMILES string of the molecule is Cc1ccc(-c2cc(C(F)(F)F)nn2-c2ccc(S(=O)(=O)NC(=O)[C@@H]3CCCN3[N+]([O-])=NOCOC(=O)C(C)(C)C)cc2)cc1. The molecular formula is C28H31F3N6O7S. The summed E-state index contributed by atoms with van der Waals surface area (Å²) in [4.78, 5) is 29.0. The van der Waals surface area contributed by atoms with Crippen molar-refractivity contribution in [2.24, 2.45) is 10.7 Å². The smallest absolute Gasteiger partial charge is 0.435 e. The maximum atomic E-state index is 13.5. The van der Waals surface area contributed by atoms with Gasteiger partial charge in [0.25, 0.3) is 22.7 Å². The molecule has 1 atom stereocenters. The Balaban J connectivity index is 1.48. The molecule has 242 valence electrons. The number of aryl methyl sites for hydroxylation is 1. The molecule has 0 bridgehead atoms. The second-order valence-corrected chi connectivity index (χ2v) is 12.9. The zero-order valence-electron chi connectivity index (χ0n) is 24.7. The summed E-state index contributed by atoms with van der Waals surface area (Å²) in [7, 11) is -4.45. The Morgan fingerprint density at radius 1 is 1.11 bits per heavy atom. The van der Waals surface area contributed by atoms with Gasteiger partial charge < -0.3 is 14.8 Å². The van der Waals surface area contributed by atoms with Crippen LogP contribution in [0.3, 0.4) is 0 Å². The zero-order chi connectivity index (χ0) is 33.2. The lowest BCUT2D eigenvalue weighted by Crippen LogP contribution is -2.47. The van der Waals surface area contributed by atoms with Crippen LogP contribution >= 0.6 is 0 Å². The van der Waals surface area contributed by atoms with Gasteiger partial charge in [-0.05, 0) is 70.9 Å². The third-order valence-electron chi connectivity index (χ3n) is 6.70. The number of hydrazine groups is 1. The molecule has 1 N–H and O–H groups in total. The van der Waals surface area contributed by atoms with Crippen molar-refractivity contribution in [1.82, 2.24) is 19.5 Å². The number of amides is 1. The van der Waals surface area contributed by atoms with Crippen LogP contribution < -0.4 is 4.72 Å². The predicted molar refractivity (Wildman–Crippen MR) is 151 cm³/mol. The first-order valence-electron chi connectivity index (χ1n) is 13.6. The molecule has 4 rings (SSSR count). The van der Waals surface area contributed by atoms with Crippen molar-refractivity contribution in [3.63, 3.8) is 0 Å². The van der Waals surface area contributed by atoms with Gasteiger partial charge in [0.05, 0.1) is 33.2 Å². The summed E-state index contributed by atoms with van der Waals surface area (Å²) in [5, 5.41) is 20.3. The number of benzene rings is 2.